The zero-order valence-corrected chi connectivity index (χ0v) is 44.4. The van der Waals surface area contributed by atoms with Gasteiger partial charge in [-0.2, -0.15) is 0 Å². The number of nitrogens with two attached hydrogens (primary N) is 4. The highest BCUT2D eigenvalue weighted by Crippen LogP contribution is 2.15. The van der Waals surface area contributed by atoms with Crippen molar-refractivity contribution in [1.82, 2.24) is 47.9 Å². The summed E-state index contributed by atoms with van der Waals surface area (Å²) in [5.74, 6) is -6.53. The lowest BCUT2D eigenvalue weighted by molar-refractivity contribution is -0.136. The van der Waals surface area contributed by atoms with Gasteiger partial charge in [-0.05, 0) is 108 Å². The van der Waals surface area contributed by atoms with Gasteiger partial charge in [-0.15, -0.1) is 0 Å². The molecule has 1 fully saturated rings. The molecule has 10 atom stereocenters. The highest BCUT2D eigenvalue weighted by molar-refractivity contribution is 5.98. The maximum absolute atomic E-state index is 14.1. The topological polar surface area (TPSA) is 386 Å². The molecule has 1 aliphatic heterocycles. The van der Waals surface area contributed by atoms with Crippen molar-refractivity contribution in [1.29, 1.82) is 0 Å². The summed E-state index contributed by atoms with van der Waals surface area (Å²) in [6, 6.07) is -10.1. The van der Waals surface area contributed by atoms with Crippen molar-refractivity contribution in [3.63, 3.8) is 0 Å². The summed E-state index contributed by atoms with van der Waals surface area (Å²) in [5, 5.41) is 34.9. The molecule has 0 spiro atoms. The number of aliphatic hydroxyl groups is 1. The molecule has 72 heavy (non-hydrogen) atoms. The summed E-state index contributed by atoms with van der Waals surface area (Å²) in [7, 11) is 0. The van der Waals surface area contributed by atoms with Crippen LogP contribution in [0.5, 0.6) is 0 Å². The van der Waals surface area contributed by atoms with E-state index < -0.39 is 108 Å². The molecule has 1 saturated heterocycles. The Morgan fingerprint density at radius 2 is 0.833 bits per heavy atom. The third-order valence-electron chi connectivity index (χ3n) is 12.4. The van der Waals surface area contributed by atoms with Crippen molar-refractivity contribution < 1.29 is 48.3 Å². The minimum absolute atomic E-state index is 0.0465. The molecule has 0 radical (unpaired) electrons. The molecule has 9 amide bonds. The predicted molar refractivity (Wildman–Crippen MR) is 275 cm³/mol. The van der Waals surface area contributed by atoms with Crippen LogP contribution in [0, 0.1) is 23.7 Å². The van der Waals surface area contributed by atoms with E-state index in [1.54, 1.807) is 0 Å². The van der Waals surface area contributed by atoms with Crippen LogP contribution >= 0.6 is 0 Å². The molecule has 18 N–H and O–H groups in total. The number of unbranched alkanes of at least 4 members (excludes halogenated alkanes) is 1. The fraction of sp³-hybridized carbons (Fsp3) is 0.816. The van der Waals surface area contributed by atoms with E-state index in [9.17, 15) is 48.3 Å². The van der Waals surface area contributed by atoms with E-state index in [1.165, 1.54) is 0 Å². The van der Waals surface area contributed by atoms with E-state index in [1.807, 2.05) is 41.5 Å². The van der Waals surface area contributed by atoms with Gasteiger partial charge in [-0.1, -0.05) is 81.1 Å². The Hall–Kier alpha value is -4.97. The number of amides is 9. The quantitative estimate of drug-likeness (QED) is 0.0507. The Bertz CT molecular complexity index is 1720. The normalized spacial score (nSPS) is 25.1. The third-order valence-corrected chi connectivity index (χ3v) is 12.4. The third kappa shape index (κ3) is 25.6. The summed E-state index contributed by atoms with van der Waals surface area (Å²) in [6.45, 7) is 14.8. The highest BCUT2D eigenvalue weighted by atomic mass is 16.3. The van der Waals surface area contributed by atoms with Crippen LogP contribution in [0.4, 0.5) is 0 Å². The molecule has 0 aromatic rings. The second-order valence-electron chi connectivity index (χ2n) is 20.5. The molecule has 0 aromatic carbocycles. The maximum atomic E-state index is 14.1. The van der Waals surface area contributed by atoms with Crippen molar-refractivity contribution in [3.05, 3.63) is 0 Å². The smallest absolute Gasteiger partial charge is 0.243 e. The van der Waals surface area contributed by atoms with E-state index in [2.05, 4.69) is 61.7 Å². The Morgan fingerprint density at radius 1 is 0.514 bits per heavy atom. The van der Waals surface area contributed by atoms with Gasteiger partial charge >= 0.3 is 0 Å². The number of carbonyl (C=O) groups excluding carboxylic acids is 9. The number of aliphatic hydroxyl groups excluding tert-OH is 1. The van der Waals surface area contributed by atoms with E-state index in [4.69, 9.17) is 22.9 Å². The lowest BCUT2D eigenvalue weighted by Crippen LogP contribution is -2.61. The summed E-state index contributed by atoms with van der Waals surface area (Å²) in [5.41, 5.74) is 23.6. The molecule has 0 bridgehead atoms. The first-order valence-electron chi connectivity index (χ1n) is 26.2. The largest absolute Gasteiger partial charge is 0.393 e. The first-order valence-corrected chi connectivity index (χ1v) is 26.2. The first kappa shape index (κ1) is 65.0. The van der Waals surface area contributed by atoms with Crippen LogP contribution in [0.15, 0.2) is 0 Å². The molecular weight excluding hydrogens is 931 g/mol. The Labute approximate surface area is 427 Å². The van der Waals surface area contributed by atoms with Gasteiger partial charge in [0, 0.05) is 6.54 Å². The van der Waals surface area contributed by atoms with Gasteiger partial charge in [0.25, 0.3) is 0 Å². The fourth-order valence-corrected chi connectivity index (χ4v) is 8.13. The zero-order valence-electron chi connectivity index (χ0n) is 44.4. The van der Waals surface area contributed by atoms with Gasteiger partial charge < -0.3 is 75.9 Å². The number of carbonyl (C=O) groups is 9. The van der Waals surface area contributed by atoms with Crippen molar-refractivity contribution in [2.75, 3.05) is 32.7 Å². The van der Waals surface area contributed by atoms with Crippen molar-refractivity contribution >= 4 is 53.2 Å². The van der Waals surface area contributed by atoms with Crippen LogP contribution in [0.2, 0.25) is 0 Å². The number of rotatable bonds is 23. The Kier molecular flexibility index (Phi) is 31.8. The molecule has 0 aliphatic carbocycles. The zero-order chi connectivity index (χ0) is 54.5. The summed E-state index contributed by atoms with van der Waals surface area (Å²) < 4.78 is 0. The minimum Gasteiger partial charge on any atom is -0.393 e. The van der Waals surface area contributed by atoms with Crippen molar-refractivity contribution in [2.24, 2.45) is 46.6 Å². The van der Waals surface area contributed by atoms with Gasteiger partial charge in [-0.3, -0.25) is 43.2 Å². The molecule has 23 heteroatoms. The minimum atomic E-state index is -1.36. The van der Waals surface area contributed by atoms with E-state index in [0.29, 0.717) is 18.8 Å². The van der Waals surface area contributed by atoms with Crippen LogP contribution in [0.3, 0.4) is 0 Å². The molecule has 1 aliphatic rings. The van der Waals surface area contributed by atoms with E-state index >= 15 is 0 Å². The van der Waals surface area contributed by atoms with E-state index in [-0.39, 0.29) is 108 Å². The number of nitrogens with one attached hydrogen (secondary N) is 9. The van der Waals surface area contributed by atoms with Gasteiger partial charge in [0.2, 0.25) is 53.2 Å². The predicted octanol–water partition coefficient (Wildman–Crippen LogP) is -1.72. The second-order valence-corrected chi connectivity index (χ2v) is 20.5. The van der Waals surface area contributed by atoms with Crippen LogP contribution in [0.1, 0.15) is 145 Å². The van der Waals surface area contributed by atoms with E-state index in [0.717, 1.165) is 19.3 Å². The van der Waals surface area contributed by atoms with Crippen LogP contribution in [-0.4, -0.2) is 145 Å². The number of hydrogen-bond acceptors (Lipinski definition) is 14. The molecule has 23 nitrogen and oxygen atoms in total. The summed E-state index contributed by atoms with van der Waals surface area (Å²) >= 11 is 0. The molecule has 1 rings (SSSR count). The van der Waals surface area contributed by atoms with Crippen LogP contribution in [0.25, 0.3) is 0 Å². The Morgan fingerprint density at radius 3 is 1.18 bits per heavy atom. The van der Waals surface area contributed by atoms with Crippen LogP contribution in [-0.2, 0) is 43.2 Å². The fourth-order valence-electron chi connectivity index (χ4n) is 8.13. The molecule has 1 heterocycles. The van der Waals surface area contributed by atoms with Gasteiger partial charge in [0.15, 0.2) is 0 Å². The van der Waals surface area contributed by atoms with Crippen LogP contribution < -0.4 is 70.8 Å². The average molecular weight is 1020 g/mol. The number of hydrogen-bond donors (Lipinski definition) is 14. The first-order chi connectivity index (χ1) is 34.0. The monoisotopic (exact) mass is 1020 g/mol. The molecular formula is C49H93N13O10. The lowest BCUT2D eigenvalue weighted by atomic mass is 9.99. The summed E-state index contributed by atoms with van der Waals surface area (Å²) in [6.07, 6.45) is 2.52. The van der Waals surface area contributed by atoms with Crippen molar-refractivity contribution in [3.8, 4) is 0 Å². The van der Waals surface area contributed by atoms with Gasteiger partial charge in [0.05, 0.1) is 12.5 Å². The van der Waals surface area contributed by atoms with Gasteiger partial charge in [-0.25, -0.2) is 0 Å². The molecule has 0 saturated carbocycles. The standard InChI is InChI=1S/C49H93N13O10/c1-9-31(8)12-10-11-13-32(63)27-41(64)55-37-18-23-54-42(65)38(24-28(2)3)60-45(68)35(16-21-52)56-44(67)34(15-20-51)59-48(71)39(25-29(4)5)62-49(72)40(26-30(6)7)61-46(69)36(17-22-53)57-43(66)33(14-19-50)58-47(37)70/h28-40,63H,9-27,50-53H2,1-8H3,(H,54,65)(H,55,64)(H,56,67)(H,57,66)(H,58,70)(H,59,71)(H,60,68)(H,61,69)(H,62,72)/t31?,32?,33-,34-,35-,36-,37-,38-,39-,40-/m0/s1. The molecule has 2 unspecified atom stereocenters. The highest BCUT2D eigenvalue weighted by Gasteiger charge is 2.35. The van der Waals surface area contributed by atoms with Gasteiger partial charge in [0.1, 0.15) is 48.3 Å². The molecule has 414 valence electrons. The molecule has 0 aromatic heterocycles. The maximum Gasteiger partial charge on any atom is 0.243 e. The van der Waals surface area contributed by atoms with Crippen molar-refractivity contribution in [2.45, 2.75) is 200 Å². The second kappa shape index (κ2) is 35.2. The average Bonchev–Trinajstić information content (AvgIpc) is 3.30. The SMILES string of the molecule is CCC(C)CCCCC(O)CC(=O)N[C@H]1CCNC(=O)[C@H](CC(C)C)NC(=O)[C@H](CCN)NC(=O)[C@H](CCN)NC(=O)[C@H](CC(C)C)NC(=O)[C@H](CC(C)C)NC(=O)[C@H](CCN)NC(=O)[C@H](CCN)NC1=O. The lowest BCUT2D eigenvalue weighted by Gasteiger charge is -2.29. The Balaban J connectivity index is 3.84. The summed E-state index contributed by atoms with van der Waals surface area (Å²) in [4.78, 5) is 125.